The van der Waals surface area contributed by atoms with Crippen LogP contribution in [0.15, 0.2) is 53.7 Å². The summed E-state index contributed by atoms with van der Waals surface area (Å²) in [4.78, 5) is 71.3. The number of nitrogens with one attached hydrogen (secondary N) is 2. The van der Waals surface area contributed by atoms with Gasteiger partial charge in [0.15, 0.2) is 11.6 Å². The van der Waals surface area contributed by atoms with Crippen molar-refractivity contribution in [2.45, 2.75) is 95.2 Å². The number of fused-ring (bicyclic) bond motifs is 1. The predicted molar refractivity (Wildman–Crippen MR) is 204 cm³/mol. The molecule has 3 aliphatic heterocycles. The fourth-order valence-electron chi connectivity index (χ4n) is 7.88. The van der Waals surface area contributed by atoms with Crippen LogP contribution in [0.2, 0.25) is 0 Å². The number of nitrogens with zero attached hydrogens (tertiary/aromatic N) is 6. The normalized spacial score (nSPS) is 21.8. The van der Waals surface area contributed by atoms with Gasteiger partial charge in [-0.15, -0.1) is 0 Å². The molecule has 3 aromatic heterocycles. The van der Waals surface area contributed by atoms with Gasteiger partial charge >= 0.3 is 6.09 Å². The van der Waals surface area contributed by atoms with Crippen LogP contribution >= 0.6 is 0 Å². The fraction of sp³-hybridized carbons (Fsp3) is 0.475. The summed E-state index contributed by atoms with van der Waals surface area (Å²) in [6, 6.07) is 7.27. The van der Waals surface area contributed by atoms with Crippen molar-refractivity contribution in [3.63, 3.8) is 0 Å². The molecule has 0 bridgehead atoms. The Bertz CT molecular complexity index is 2280. The molecule has 15 nitrogen and oxygen atoms in total. The van der Waals surface area contributed by atoms with Gasteiger partial charge in [0.1, 0.15) is 23.7 Å². The van der Waals surface area contributed by atoms with E-state index in [9.17, 15) is 28.4 Å². The van der Waals surface area contributed by atoms with E-state index in [0.29, 0.717) is 80.5 Å². The van der Waals surface area contributed by atoms with Crippen LogP contribution in [0.3, 0.4) is 0 Å². The highest BCUT2D eigenvalue weighted by Crippen LogP contribution is 2.38. The second-order valence-corrected chi connectivity index (χ2v) is 15.5. The molecule has 17 heteroatoms. The molecule has 4 aromatic rings. The first kappa shape index (κ1) is 38.0. The molecule has 2 N–H and O–H groups in total. The second kappa shape index (κ2) is 15.6. The zero-order chi connectivity index (χ0) is 40.0. The second-order valence-electron chi connectivity index (χ2n) is 15.5. The summed E-state index contributed by atoms with van der Waals surface area (Å²) in [6.07, 6.45) is 5.87. The maximum atomic E-state index is 15.2. The Balaban J connectivity index is 0.858. The van der Waals surface area contributed by atoms with Crippen molar-refractivity contribution in [2.24, 2.45) is 0 Å². The monoisotopic (exact) mass is 786 g/mol. The largest absolute Gasteiger partial charge is 0.490 e. The summed E-state index contributed by atoms with van der Waals surface area (Å²) in [5.41, 5.74) is 0.861. The Kier molecular flexibility index (Phi) is 10.4. The molecule has 4 aliphatic rings. The lowest BCUT2D eigenvalue weighted by molar-refractivity contribution is -0.134. The number of rotatable bonds is 9. The summed E-state index contributed by atoms with van der Waals surface area (Å²) in [5.74, 6) is -1.99. The van der Waals surface area contributed by atoms with Gasteiger partial charge in [-0.1, -0.05) is 0 Å². The first-order chi connectivity index (χ1) is 27.4. The lowest BCUT2D eigenvalue weighted by Gasteiger charge is -2.35. The number of carbonyl (C=O) groups is 4. The van der Waals surface area contributed by atoms with Gasteiger partial charge < -0.3 is 29.2 Å². The maximum absolute atomic E-state index is 15.2. The van der Waals surface area contributed by atoms with Crippen molar-refractivity contribution in [2.75, 3.05) is 36.4 Å². The van der Waals surface area contributed by atoms with Crippen molar-refractivity contribution in [1.29, 1.82) is 0 Å². The molecule has 0 radical (unpaired) electrons. The van der Waals surface area contributed by atoms with Crippen LogP contribution in [-0.4, -0.2) is 92.6 Å². The first-order valence-corrected chi connectivity index (χ1v) is 19.5. The fourth-order valence-corrected chi connectivity index (χ4v) is 7.88. The van der Waals surface area contributed by atoms with E-state index in [1.54, 1.807) is 28.0 Å². The number of benzene rings is 1. The number of ether oxygens (including phenoxy) is 2. The Hall–Kier alpha value is -5.87. The highest BCUT2D eigenvalue weighted by atomic mass is 19.1. The lowest BCUT2D eigenvalue weighted by atomic mass is 9.91. The molecule has 57 heavy (non-hydrogen) atoms. The zero-order valence-corrected chi connectivity index (χ0v) is 31.7. The molecule has 1 aromatic carbocycles. The SMILES string of the molecule is CC(C)Oc1cc2nn(C3CCN(C(=O)OC4CCN(c5ncc(C6CCC(=O)NC6=O)cc5F)CC4)CC3)cc2cc1C(=O)Nc1cccn([C@H]2C[C@H]2F)c1=O. The van der Waals surface area contributed by atoms with Crippen LogP contribution in [0.1, 0.15) is 92.7 Å². The van der Waals surface area contributed by atoms with Crippen LogP contribution in [0.4, 0.5) is 25.1 Å². The van der Waals surface area contributed by atoms with Crippen LogP contribution < -0.4 is 25.8 Å². The first-order valence-electron chi connectivity index (χ1n) is 19.5. The summed E-state index contributed by atoms with van der Waals surface area (Å²) in [5, 5.41) is 10.5. The average molecular weight is 787 g/mol. The van der Waals surface area contributed by atoms with E-state index in [1.807, 2.05) is 24.7 Å². The molecule has 8 rings (SSSR count). The molecule has 3 atom stereocenters. The minimum Gasteiger partial charge on any atom is -0.490 e. The van der Waals surface area contributed by atoms with Crippen molar-refractivity contribution in [1.82, 2.24) is 29.5 Å². The number of hydrogen-bond donors (Lipinski definition) is 2. The van der Waals surface area contributed by atoms with E-state index >= 15 is 4.39 Å². The van der Waals surface area contributed by atoms with E-state index < -0.39 is 47.4 Å². The Labute approximate surface area is 326 Å². The molecule has 1 unspecified atom stereocenters. The topological polar surface area (TPSA) is 170 Å². The van der Waals surface area contributed by atoms with Gasteiger partial charge in [-0.25, -0.2) is 18.6 Å². The molecule has 1 saturated carbocycles. The van der Waals surface area contributed by atoms with Gasteiger partial charge in [0.05, 0.1) is 35.2 Å². The summed E-state index contributed by atoms with van der Waals surface area (Å²) < 4.78 is 43.9. The number of likely N-dealkylation sites (tertiary alicyclic amines) is 1. The van der Waals surface area contributed by atoms with Crippen LogP contribution in [-0.2, 0) is 14.3 Å². The smallest absolute Gasteiger partial charge is 0.410 e. The number of halogens is 2. The van der Waals surface area contributed by atoms with Crippen molar-refractivity contribution in [3.8, 4) is 5.75 Å². The summed E-state index contributed by atoms with van der Waals surface area (Å²) in [7, 11) is 0. The number of carbonyl (C=O) groups excluding carboxylic acids is 4. The number of anilines is 2. The number of alkyl halides is 1. The van der Waals surface area contributed by atoms with Gasteiger partial charge in [0.25, 0.3) is 11.5 Å². The number of imide groups is 1. The third-order valence-electron chi connectivity index (χ3n) is 11.1. The minimum atomic E-state index is -1.07. The van der Waals surface area contributed by atoms with Gasteiger partial charge in [-0.05, 0) is 62.9 Å². The average Bonchev–Trinajstić information content (AvgIpc) is 3.76. The van der Waals surface area contributed by atoms with Gasteiger partial charge in [-0.2, -0.15) is 5.10 Å². The molecule has 300 valence electrons. The van der Waals surface area contributed by atoms with Gasteiger partial charge in [-0.3, -0.25) is 29.2 Å². The summed E-state index contributed by atoms with van der Waals surface area (Å²) >= 11 is 0. The van der Waals surface area contributed by atoms with Crippen molar-refractivity contribution < 1.29 is 37.4 Å². The third-order valence-corrected chi connectivity index (χ3v) is 11.1. The number of amides is 4. The van der Waals surface area contributed by atoms with Crippen LogP contribution in [0.5, 0.6) is 5.75 Å². The van der Waals surface area contributed by atoms with E-state index in [1.165, 1.54) is 29.1 Å². The Morgan fingerprint density at radius 3 is 2.46 bits per heavy atom. The molecule has 6 heterocycles. The molecule has 1 aliphatic carbocycles. The predicted octanol–water partition coefficient (Wildman–Crippen LogP) is 5.02. The van der Waals surface area contributed by atoms with Crippen molar-refractivity contribution >= 4 is 46.2 Å². The highest BCUT2D eigenvalue weighted by molar-refractivity contribution is 6.08. The molecule has 4 amide bonds. The van der Waals surface area contributed by atoms with Crippen LogP contribution in [0.25, 0.3) is 10.9 Å². The molecule has 0 spiro atoms. The van der Waals surface area contributed by atoms with Gasteiger partial charge in [0, 0.05) is 81.9 Å². The van der Waals surface area contributed by atoms with E-state index in [-0.39, 0.29) is 54.1 Å². The standard InChI is InChI=1S/C40H44F2N8O7/c1-22(2)56-34-19-32-24(16-28(34)38(53)44-31-4-3-11-49(39(31)54)33-18-29(33)41)21-50(46-32)25-7-12-48(13-8-25)40(55)57-26-9-14-47(15-10-26)36-30(42)17-23(20-43-36)27-5-6-35(51)45-37(27)52/h3-4,11,16-17,19-22,25-27,29,33H,5-10,12-15,18H2,1-2H3,(H,44,53)(H,45,51,52)/t27?,29-,33+/m1/s1. The van der Waals surface area contributed by atoms with E-state index in [2.05, 4.69) is 15.6 Å². The minimum absolute atomic E-state index is 0.00949. The maximum Gasteiger partial charge on any atom is 0.410 e. The zero-order valence-electron chi connectivity index (χ0n) is 31.7. The number of pyridine rings is 2. The number of aromatic nitrogens is 4. The molecule has 3 saturated heterocycles. The lowest BCUT2D eigenvalue weighted by Crippen LogP contribution is -2.44. The quantitative estimate of drug-likeness (QED) is 0.220. The number of hydrogen-bond acceptors (Lipinski definition) is 10. The Morgan fingerprint density at radius 2 is 1.77 bits per heavy atom. The van der Waals surface area contributed by atoms with Crippen LogP contribution in [0, 0.1) is 5.82 Å². The number of piperidine rings is 3. The molecular weight excluding hydrogens is 742 g/mol. The van der Waals surface area contributed by atoms with E-state index in [0.717, 1.165) is 0 Å². The van der Waals surface area contributed by atoms with Gasteiger partial charge in [0.2, 0.25) is 11.8 Å². The molecule has 4 fully saturated rings. The third kappa shape index (κ3) is 8.05. The molecular formula is C40H44F2N8O7. The van der Waals surface area contributed by atoms with Crippen molar-refractivity contribution in [3.05, 3.63) is 76.2 Å². The summed E-state index contributed by atoms with van der Waals surface area (Å²) in [6.45, 7) is 5.49. The highest BCUT2D eigenvalue weighted by Gasteiger charge is 2.40. The Morgan fingerprint density at radius 1 is 1.02 bits per heavy atom. The van der Waals surface area contributed by atoms with E-state index in [4.69, 9.17) is 14.6 Å².